The third kappa shape index (κ3) is 8.00. The molecule has 3 rings (SSSR count). The van der Waals surface area contributed by atoms with Crippen LogP contribution in [0.1, 0.15) is 41.5 Å². The number of fused-ring (bicyclic) bond motifs is 1. The average Bonchev–Trinajstić information content (AvgIpc) is 2.72. The van der Waals surface area contributed by atoms with Gasteiger partial charge in [-0.2, -0.15) is 0 Å². The van der Waals surface area contributed by atoms with E-state index in [2.05, 4.69) is 11.1 Å². The third-order valence-corrected chi connectivity index (χ3v) is 4.78. The van der Waals surface area contributed by atoms with Crippen LogP contribution in [-0.2, 0) is 24.9 Å². The van der Waals surface area contributed by atoms with Gasteiger partial charge in [0.25, 0.3) is 0 Å². The van der Waals surface area contributed by atoms with Crippen LogP contribution in [0.15, 0.2) is 54.3 Å². The molecule has 0 aliphatic carbocycles. The van der Waals surface area contributed by atoms with Crippen LogP contribution in [0.4, 0.5) is 8.78 Å². The number of nitrogens with zero attached hydrogens (tertiary/aromatic N) is 1. The van der Waals surface area contributed by atoms with Crippen LogP contribution in [0.2, 0.25) is 0 Å². The van der Waals surface area contributed by atoms with Crippen LogP contribution in [0, 0.1) is 28.5 Å². The topological polar surface area (TPSA) is 59.4 Å². The number of aromatic nitrogens is 1. The first-order valence-corrected chi connectivity index (χ1v) is 10.5. The van der Waals surface area contributed by atoms with Gasteiger partial charge in [0.1, 0.15) is 17.4 Å². The zero-order valence-corrected chi connectivity index (χ0v) is 22.8. The molecule has 0 aliphatic rings. The van der Waals surface area contributed by atoms with Gasteiger partial charge in [0.05, 0.1) is 12.6 Å². The maximum Gasteiger partial charge on any atom is 0.164 e. The Kier molecular flexibility index (Phi) is 10.1. The number of carbonyl (C=O) groups excluding carboxylic acids is 1. The number of aliphatic hydroxyl groups is 1. The summed E-state index contributed by atoms with van der Waals surface area (Å²) in [5.74, 6) is -0.485. The first kappa shape index (κ1) is 29.4. The molecule has 1 aromatic heterocycles. The predicted octanol–water partition coefficient (Wildman–Crippen LogP) is 7.08. The Morgan fingerprint density at radius 2 is 1.68 bits per heavy atom. The van der Waals surface area contributed by atoms with Crippen molar-refractivity contribution in [2.45, 2.75) is 41.5 Å². The minimum atomic E-state index is -0.644. The Morgan fingerprint density at radius 1 is 1.03 bits per heavy atom. The molecule has 0 saturated carbocycles. The van der Waals surface area contributed by atoms with Gasteiger partial charge in [-0.25, -0.2) is 8.78 Å². The van der Waals surface area contributed by atoms with E-state index in [1.54, 1.807) is 37.4 Å². The van der Waals surface area contributed by atoms with Crippen LogP contribution in [0.5, 0.6) is 5.75 Å². The first-order chi connectivity index (χ1) is 15.2. The second-order valence-corrected chi connectivity index (χ2v) is 9.69. The monoisotopic (exact) mass is 647 g/mol. The normalized spacial score (nSPS) is 11.9. The van der Waals surface area contributed by atoms with Gasteiger partial charge in [-0.15, -0.1) is 29.8 Å². The Bertz CT molecular complexity index is 1180. The van der Waals surface area contributed by atoms with Gasteiger partial charge in [-0.05, 0) is 11.8 Å². The summed E-state index contributed by atoms with van der Waals surface area (Å²) in [6.45, 7) is 11.1. The van der Waals surface area contributed by atoms with Gasteiger partial charge < -0.3 is 9.84 Å². The Hall–Kier alpha value is -2.63. The van der Waals surface area contributed by atoms with E-state index < -0.39 is 17.0 Å². The van der Waals surface area contributed by atoms with Crippen molar-refractivity contribution in [2.75, 3.05) is 7.11 Å². The molecule has 0 amide bonds. The molecule has 2 aromatic carbocycles. The zero-order valence-electron chi connectivity index (χ0n) is 20.4. The van der Waals surface area contributed by atoms with E-state index in [0.717, 1.165) is 6.07 Å². The van der Waals surface area contributed by atoms with Crippen LogP contribution in [-0.4, -0.2) is 23.0 Å². The van der Waals surface area contributed by atoms with Crippen molar-refractivity contribution >= 4 is 16.7 Å². The smallest absolute Gasteiger partial charge is 0.164 e. The van der Waals surface area contributed by atoms with Crippen LogP contribution in [0.3, 0.4) is 0 Å². The summed E-state index contributed by atoms with van der Waals surface area (Å²) in [4.78, 5) is 15.8. The van der Waals surface area contributed by atoms with Crippen molar-refractivity contribution in [1.82, 2.24) is 4.98 Å². The van der Waals surface area contributed by atoms with E-state index in [4.69, 9.17) is 4.74 Å². The quantitative estimate of drug-likeness (QED) is 0.188. The van der Waals surface area contributed by atoms with E-state index in [0.29, 0.717) is 17.0 Å². The SMILES string of the molecule is CC(C)(C)C(=O)/C=C(\O)C(C)(C)C.COc1cc[c-]c(-c2ccc3c(F)cc(F)cc3n2)c1.[Ir]. The standard InChI is InChI=1S/C16H10F2NO.C11H20O2.Ir/c1-20-12-4-2-3-10(7-12)15-6-5-13-14(18)8-11(17)9-16(13)19-15;1-10(2,3)8(12)7-9(13)11(4,5)6;/h2,4-9H,1H3;7,12H,1-6H3;/q-1;;/b;8-7-;. The van der Waals surface area contributed by atoms with Crippen LogP contribution < -0.4 is 4.74 Å². The molecule has 185 valence electrons. The van der Waals surface area contributed by atoms with E-state index in [1.807, 2.05) is 41.5 Å². The number of aliphatic hydroxyl groups excluding tert-OH is 1. The summed E-state index contributed by atoms with van der Waals surface area (Å²) < 4.78 is 32.0. The Labute approximate surface area is 213 Å². The molecule has 34 heavy (non-hydrogen) atoms. The molecular formula is C27H30F2IrNO3-. The molecule has 0 aliphatic heterocycles. The van der Waals surface area contributed by atoms with Gasteiger partial charge in [-0.3, -0.25) is 9.78 Å². The van der Waals surface area contributed by atoms with E-state index in [1.165, 1.54) is 12.1 Å². The van der Waals surface area contributed by atoms with Gasteiger partial charge in [-0.1, -0.05) is 53.7 Å². The van der Waals surface area contributed by atoms with Crippen LogP contribution >= 0.6 is 0 Å². The molecule has 0 saturated heterocycles. The molecule has 7 heteroatoms. The number of halogens is 2. The minimum absolute atomic E-state index is 0. The minimum Gasteiger partial charge on any atom is -0.516 e. The molecule has 3 aromatic rings. The van der Waals surface area contributed by atoms with Crippen molar-refractivity contribution in [1.29, 1.82) is 0 Å². The van der Waals surface area contributed by atoms with Crippen LogP contribution in [0.25, 0.3) is 22.2 Å². The van der Waals surface area contributed by atoms with Crippen molar-refractivity contribution in [2.24, 2.45) is 10.8 Å². The molecule has 0 unspecified atom stereocenters. The number of methoxy groups -OCH3 is 1. The molecule has 0 atom stereocenters. The zero-order chi connectivity index (χ0) is 25.0. The van der Waals surface area contributed by atoms with E-state index in [9.17, 15) is 18.7 Å². The number of hydrogen-bond acceptors (Lipinski definition) is 4. The number of ether oxygens (including phenoxy) is 1. The number of pyridine rings is 1. The molecular weight excluding hydrogens is 617 g/mol. The summed E-state index contributed by atoms with van der Waals surface area (Å²) in [5, 5.41) is 9.85. The molecule has 0 bridgehead atoms. The number of carbonyl (C=O) groups is 1. The first-order valence-electron chi connectivity index (χ1n) is 10.5. The summed E-state index contributed by atoms with van der Waals surface area (Å²) in [7, 11) is 1.57. The maximum atomic E-state index is 13.6. The average molecular weight is 647 g/mol. The molecule has 1 N–H and O–H groups in total. The van der Waals surface area contributed by atoms with Crippen molar-refractivity contribution in [3.63, 3.8) is 0 Å². The molecule has 0 spiro atoms. The molecule has 1 heterocycles. The maximum absolute atomic E-state index is 13.6. The van der Waals surface area contributed by atoms with Crippen molar-refractivity contribution in [3.05, 3.63) is 72.0 Å². The van der Waals surface area contributed by atoms with Crippen molar-refractivity contribution < 1.29 is 43.5 Å². The molecule has 0 fully saturated rings. The Morgan fingerprint density at radius 3 is 2.24 bits per heavy atom. The summed E-state index contributed by atoms with van der Waals surface area (Å²) in [6, 6.07) is 13.6. The summed E-state index contributed by atoms with van der Waals surface area (Å²) in [6.07, 6.45) is 1.33. The van der Waals surface area contributed by atoms with E-state index >= 15 is 0 Å². The Balaban J connectivity index is 0.000000364. The van der Waals surface area contributed by atoms with E-state index in [-0.39, 0.29) is 48.0 Å². The number of ketones is 1. The van der Waals surface area contributed by atoms with Gasteiger partial charge >= 0.3 is 0 Å². The fourth-order valence-electron chi connectivity index (χ4n) is 2.59. The molecule has 1 radical (unpaired) electrons. The fourth-order valence-corrected chi connectivity index (χ4v) is 2.59. The van der Waals surface area contributed by atoms with Gasteiger partial charge in [0, 0.05) is 54.2 Å². The van der Waals surface area contributed by atoms with Crippen molar-refractivity contribution in [3.8, 4) is 17.0 Å². The summed E-state index contributed by atoms with van der Waals surface area (Å²) in [5.41, 5.74) is 0.800. The second kappa shape index (κ2) is 11.7. The second-order valence-electron chi connectivity index (χ2n) is 9.69. The van der Waals surface area contributed by atoms with Gasteiger partial charge in [0.2, 0.25) is 0 Å². The largest absolute Gasteiger partial charge is 0.516 e. The number of allylic oxidation sites excluding steroid dienone is 2. The number of hydrogen-bond donors (Lipinski definition) is 1. The number of benzene rings is 2. The fraction of sp³-hybridized carbons (Fsp3) is 0.333. The summed E-state index contributed by atoms with van der Waals surface area (Å²) >= 11 is 0. The van der Waals surface area contributed by atoms with Gasteiger partial charge in [0.15, 0.2) is 5.78 Å². The molecule has 4 nitrogen and oxygen atoms in total. The predicted molar refractivity (Wildman–Crippen MR) is 127 cm³/mol. The third-order valence-electron chi connectivity index (χ3n) is 4.78. The number of rotatable bonds is 3.